The number of hydrogen-bond acceptors (Lipinski definition) is 6. The van der Waals surface area contributed by atoms with Gasteiger partial charge in [0.2, 0.25) is 0 Å². The van der Waals surface area contributed by atoms with Crippen LogP contribution in [0, 0.1) is 0 Å². The summed E-state index contributed by atoms with van der Waals surface area (Å²) in [5.41, 5.74) is 4.62. The van der Waals surface area contributed by atoms with Crippen LogP contribution in [0.25, 0.3) is 65.3 Å². The lowest BCUT2D eigenvalue weighted by Crippen LogP contribution is -2.05. The monoisotopic (exact) mass is 664 g/mol. The van der Waals surface area contributed by atoms with Gasteiger partial charge in [-0.2, -0.15) is 0 Å². The Balaban J connectivity index is 1.66. The van der Waals surface area contributed by atoms with Gasteiger partial charge in [0.25, 0.3) is 0 Å². The fraction of sp³-hybridized carbons (Fsp3) is 0.0833. The van der Waals surface area contributed by atoms with Crippen molar-refractivity contribution >= 4 is 122 Å². The van der Waals surface area contributed by atoms with E-state index in [0.29, 0.717) is 27.7 Å². The summed E-state index contributed by atoms with van der Waals surface area (Å²) in [7, 11) is 17.0. The molecule has 0 fully saturated rings. The maximum absolute atomic E-state index is 5.22. The molecule has 8 rings (SSSR count). The van der Waals surface area contributed by atoms with Crippen LogP contribution < -0.4 is 0 Å². The van der Waals surface area contributed by atoms with Gasteiger partial charge in [0.05, 0.1) is 42.0 Å². The molecule has 0 aromatic carbocycles. The molecule has 8 bridgehead atoms. The highest BCUT2D eigenvalue weighted by molar-refractivity contribution is 7.46. The maximum atomic E-state index is 5.22. The van der Waals surface area contributed by atoms with Crippen molar-refractivity contribution in [1.82, 2.24) is 39.0 Å². The molecular weight excluding hydrogens is 648 g/mol. The van der Waals surface area contributed by atoms with Gasteiger partial charge in [-0.05, 0) is 34.8 Å². The van der Waals surface area contributed by atoms with Crippen LogP contribution >= 0.6 is 66.9 Å². The van der Waals surface area contributed by atoms with E-state index in [9.17, 15) is 0 Å². The zero-order valence-corrected chi connectivity index (χ0v) is 28.4. The SMILES string of the molecule is Cn1c2nc3nc(nc4c5pccpc5c(nc5nc(nc1C(=P)C2=P)c1[pH]ccpc5-1)n4C)c1pcc[pH]c3-1. The first-order valence-electron chi connectivity index (χ1n) is 12.0. The molecule has 192 valence electrons. The molecule has 2 atom stereocenters. The first kappa shape index (κ1) is 25.6. The van der Waals surface area contributed by atoms with Gasteiger partial charge in [-0.25, -0.2) is 29.9 Å². The average molecular weight is 664 g/mol. The van der Waals surface area contributed by atoms with Gasteiger partial charge in [0, 0.05) is 14.1 Å². The smallest absolute Gasteiger partial charge is 0.169 e. The summed E-state index contributed by atoms with van der Waals surface area (Å²) >= 11 is 0. The Morgan fingerprint density at radius 1 is 0.575 bits per heavy atom. The van der Waals surface area contributed by atoms with E-state index in [1.54, 1.807) is 0 Å². The van der Waals surface area contributed by atoms with Gasteiger partial charge >= 0.3 is 0 Å². The minimum absolute atomic E-state index is 0.484. The summed E-state index contributed by atoms with van der Waals surface area (Å²) < 4.78 is 4.08. The summed E-state index contributed by atoms with van der Waals surface area (Å²) in [4.78, 5) is 30.7. The fourth-order valence-electron chi connectivity index (χ4n) is 4.81. The normalized spacial score (nSPS) is 14.1. The fourth-order valence-corrected chi connectivity index (χ4v) is 12.2. The van der Waals surface area contributed by atoms with E-state index in [2.05, 4.69) is 57.1 Å². The molecule has 5 aliphatic heterocycles. The lowest BCUT2D eigenvalue weighted by molar-refractivity contribution is 0.848. The van der Waals surface area contributed by atoms with Crippen molar-refractivity contribution in [2.45, 2.75) is 0 Å². The molecule has 40 heavy (non-hydrogen) atoms. The summed E-state index contributed by atoms with van der Waals surface area (Å²) in [5.74, 6) is 14.6. The highest BCUT2D eigenvalue weighted by Gasteiger charge is 2.25. The zero-order chi connectivity index (χ0) is 27.1. The Bertz CT molecular complexity index is 2160. The van der Waals surface area contributed by atoms with Crippen LogP contribution in [0.3, 0.4) is 0 Å². The van der Waals surface area contributed by atoms with E-state index in [4.69, 9.17) is 29.9 Å². The second kappa shape index (κ2) is 9.75. The molecule has 3 aromatic rings. The number of hydrogen-bond donors (Lipinski definition) is 0. The Labute approximate surface area is 241 Å². The lowest BCUT2D eigenvalue weighted by Gasteiger charge is -1.98. The van der Waals surface area contributed by atoms with Gasteiger partial charge in [-0.15, -0.1) is 34.1 Å². The van der Waals surface area contributed by atoms with Crippen LogP contribution in [0.1, 0.15) is 11.6 Å². The van der Waals surface area contributed by atoms with Gasteiger partial charge in [0.1, 0.15) is 22.9 Å². The Morgan fingerprint density at radius 3 is 1.52 bits per heavy atom. The van der Waals surface area contributed by atoms with Crippen molar-refractivity contribution in [2.75, 3.05) is 0 Å². The maximum Gasteiger partial charge on any atom is 0.169 e. The predicted molar refractivity (Wildman–Crippen MR) is 184 cm³/mol. The van der Waals surface area contributed by atoms with Crippen LogP contribution in [0.2, 0.25) is 0 Å². The number of aromatic nitrogens is 8. The highest BCUT2D eigenvalue weighted by atomic mass is 31.1. The third kappa shape index (κ3) is 3.84. The Kier molecular flexibility index (Phi) is 6.25. The van der Waals surface area contributed by atoms with Crippen LogP contribution in [0.15, 0.2) is 34.8 Å². The summed E-state index contributed by atoms with van der Waals surface area (Å²) in [6.07, 6.45) is 0. The van der Waals surface area contributed by atoms with Crippen molar-refractivity contribution < 1.29 is 0 Å². The van der Waals surface area contributed by atoms with Crippen molar-refractivity contribution in [2.24, 2.45) is 14.1 Å². The van der Waals surface area contributed by atoms with Crippen molar-refractivity contribution in [3.63, 3.8) is 0 Å². The first-order chi connectivity index (χ1) is 19.5. The lowest BCUT2D eigenvalue weighted by atomic mass is 10.3. The van der Waals surface area contributed by atoms with E-state index in [0.717, 1.165) is 109 Å². The minimum atomic E-state index is 0.484. The van der Waals surface area contributed by atoms with E-state index in [1.165, 1.54) is 0 Å². The molecule has 8 heterocycles. The second-order valence-electron chi connectivity index (χ2n) is 9.01. The molecule has 0 N–H and O–H groups in total. The summed E-state index contributed by atoms with van der Waals surface area (Å²) in [5, 5.41) is 8.49. The standard InChI is InChI=1S/C24H16N8P8/c1-31-21-9(33)10(34)22(31)28-18-12-14(38-6-4-36-12)20(26-18)30-24-16-15(39-7-8-40-16)23(32(24)2)29-19-13-11(17(25-19)27-21)35-3-5-37-13/h3-8,33-36H,1-2H3. The number of aryl methyl sites for hydroxylation is 1. The number of fused-ring (bicyclic) bond motifs is 17. The Hall–Kier alpha value is -2.06. The number of nitrogens with zero attached hydrogens (tertiary/aromatic N) is 8. The highest BCUT2D eigenvalue weighted by Crippen LogP contribution is 2.44. The molecule has 8 nitrogen and oxygen atoms in total. The second-order valence-corrected chi connectivity index (χ2v) is 16.3. The molecule has 2 unspecified atom stereocenters. The molecule has 0 saturated heterocycles. The summed E-state index contributed by atoms with van der Waals surface area (Å²) in [6, 6.07) is 0. The van der Waals surface area contributed by atoms with Crippen LogP contribution in [0.5, 0.6) is 0 Å². The third-order valence-electron chi connectivity index (χ3n) is 6.72. The van der Waals surface area contributed by atoms with Gasteiger partial charge in [-0.3, -0.25) is 0 Å². The molecule has 0 spiro atoms. The van der Waals surface area contributed by atoms with E-state index >= 15 is 0 Å². The molecule has 0 radical (unpaired) electrons. The van der Waals surface area contributed by atoms with Crippen LogP contribution in [0.4, 0.5) is 0 Å². The zero-order valence-electron chi connectivity index (χ0n) is 20.8. The molecule has 0 aliphatic carbocycles. The van der Waals surface area contributed by atoms with Gasteiger partial charge < -0.3 is 9.13 Å². The molecule has 0 saturated carbocycles. The predicted octanol–water partition coefficient (Wildman–Crippen LogP) is 8.53. The quantitative estimate of drug-likeness (QED) is 0.151. The minimum Gasteiger partial charge on any atom is -0.312 e. The van der Waals surface area contributed by atoms with Crippen molar-refractivity contribution in [3.05, 3.63) is 46.4 Å². The Morgan fingerprint density at radius 2 is 1.05 bits per heavy atom. The third-order valence-corrected chi connectivity index (χ3v) is 15.4. The summed E-state index contributed by atoms with van der Waals surface area (Å²) in [6.45, 7) is 0. The van der Waals surface area contributed by atoms with Gasteiger partial charge in [-0.1, -0.05) is 32.8 Å². The number of rotatable bonds is 0. The molecular formula is C24H16N8P8. The van der Waals surface area contributed by atoms with Crippen molar-refractivity contribution in [3.8, 4) is 21.2 Å². The first-order valence-corrected chi connectivity index (χ1v) is 19.0. The molecule has 0 amide bonds. The van der Waals surface area contributed by atoms with Crippen LogP contribution in [-0.2, 0) is 14.1 Å². The van der Waals surface area contributed by atoms with E-state index < -0.39 is 0 Å². The van der Waals surface area contributed by atoms with Crippen LogP contribution in [-0.4, -0.2) is 49.6 Å². The van der Waals surface area contributed by atoms with E-state index in [-0.39, 0.29) is 0 Å². The van der Waals surface area contributed by atoms with Gasteiger partial charge in [0.15, 0.2) is 22.6 Å². The molecule has 3 aromatic heterocycles. The molecule has 16 heteroatoms. The van der Waals surface area contributed by atoms with Crippen molar-refractivity contribution in [1.29, 1.82) is 0 Å². The largest absolute Gasteiger partial charge is 0.312 e. The van der Waals surface area contributed by atoms with E-state index in [1.807, 2.05) is 18.7 Å². The topological polar surface area (TPSA) is 87.2 Å². The average Bonchev–Trinajstić information content (AvgIpc) is 3.64. The molecule has 5 aliphatic rings.